The maximum atomic E-state index is 13.3. The number of nitrogens with zero attached hydrogens (tertiary/aromatic N) is 2. The molecule has 0 aliphatic heterocycles. The van der Waals surface area contributed by atoms with Crippen LogP contribution >= 0.6 is 0 Å². The van der Waals surface area contributed by atoms with Gasteiger partial charge in [-0.15, -0.1) is 0 Å². The fraction of sp³-hybridized carbons (Fsp3) is 0.273. The summed E-state index contributed by atoms with van der Waals surface area (Å²) in [5.41, 5.74) is 8.41. The van der Waals surface area contributed by atoms with Crippen molar-refractivity contribution in [2.75, 3.05) is 0 Å². The molecule has 1 heterocycles. The molecule has 2 aromatic carbocycles. The summed E-state index contributed by atoms with van der Waals surface area (Å²) in [7, 11) is 0. The number of amides is 1. The maximum absolute atomic E-state index is 13.3. The van der Waals surface area contributed by atoms with Crippen molar-refractivity contribution in [2.45, 2.75) is 38.8 Å². The van der Waals surface area contributed by atoms with Gasteiger partial charge >= 0.3 is 0 Å². The van der Waals surface area contributed by atoms with Crippen LogP contribution in [0.25, 0.3) is 16.9 Å². The molecule has 1 unspecified atom stereocenters. The normalized spacial score (nSPS) is 13.1. The Hall–Kier alpha value is -2.99. The highest BCUT2D eigenvalue weighted by atomic mass is 19.1. The van der Waals surface area contributed by atoms with Crippen LogP contribution < -0.4 is 11.1 Å². The smallest absolute Gasteiger partial charge is 0.240 e. The number of rotatable bonds is 7. The third-order valence-electron chi connectivity index (χ3n) is 4.66. The van der Waals surface area contributed by atoms with Gasteiger partial charge in [-0.05, 0) is 49.7 Å². The Kier molecular flexibility index (Phi) is 5.90. The van der Waals surface area contributed by atoms with Crippen molar-refractivity contribution >= 4 is 5.91 Å². The highest BCUT2D eigenvalue weighted by Crippen LogP contribution is 2.24. The molecule has 146 valence electrons. The zero-order valence-electron chi connectivity index (χ0n) is 16.2. The lowest BCUT2D eigenvalue weighted by atomic mass is 9.96. The monoisotopic (exact) mass is 380 g/mol. The van der Waals surface area contributed by atoms with E-state index in [1.54, 1.807) is 23.7 Å². The van der Waals surface area contributed by atoms with Gasteiger partial charge in [-0.2, -0.15) is 5.10 Å². The molecular weight excluding hydrogens is 355 g/mol. The van der Waals surface area contributed by atoms with Gasteiger partial charge in [0.05, 0.1) is 16.9 Å². The van der Waals surface area contributed by atoms with Gasteiger partial charge in [-0.25, -0.2) is 9.07 Å². The average Bonchev–Trinajstić information content (AvgIpc) is 3.11. The molecule has 0 saturated heterocycles. The van der Waals surface area contributed by atoms with Crippen LogP contribution in [0.3, 0.4) is 0 Å². The summed E-state index contributed by atoms with van der Waals surface area (Å²) < 4.78 is 15.1. The molecule has 1 amide bonds. The van der Waals surface area contributed by atoms with Crippen LogP contribution in [0.4, 0.5) is 4.39 Å². The van der Waals surface area contributed by atoms with Crippen molar-refractivity contribution in [3.63, 3.8) is 0 Å². The van der Waals surface area contributed by atoms with E-state index in [0.717, 1.165) is 23.2 Å². The van der Waals surface area contributed by atoms with E-state index in [4.69, 9.17) is 5.73 Å². The minimum absolute atomic E-state index is 0.202. The van der Waals surface area contributed by atoms with Crippen LogP contribution in [0.1, 0.15) is 32.3 Å². The SMILES string of the molecule is CCCC(C)(N)C(=O)NCc1cn(-c2ccccc2)nc1-c1ccc(F)cc1. The summed E-state index contributed by atoms with van der Waals surface area (Å²) in [5.74, 6) is -0.508. The highest BCUT2D eigenvalue weighted by molar-refractivity contribution is 5.85. The van der Waals surface area contributed by atoms with E-state index in [1.807, 2.05) is 43.5 Å². The van der Waals surface area contributed by atoms with E-state index in [9.17, 15) is 9.18 Å². The molecule has 0 aliphatic carbocycles. The summed E-state index contributed by atoms with van der Waals surface area (Å²) in [6.45, 7) is 4.02. The summed E-state index contributed by atoms with van der Waals surface area (Å²) >= 11 is 0. The largest absolute Gasteiger partial charge is 0.350 e. The van der Waals surface area contributed by atoms with Crippen molar-refractivity contribution in [1.82, 2.24) is 15.1 Å². The molecule has 0 radical (unpaired) electrons. The molecule has 0 aliphatic rings. The third kappa shape index (κ3) is 4.46. The van der Waals surface area contributed by atoms with Crippen molar-refractivity contribution in [1.29, 1.82) is 0 Å². The quantitative estimate of drug-likeness (QED) is 0.655. The minimum atomic E-state index is -0.916. The Morgan fingerprint density at radius 3 is 2.50 bits per heavy atom. The molecule has 1 aromatic heterocycles. The van der Waals surface area contributed by atoms with Crippen LogP contribution in [0, 0.1) is 5.82 Å². The van der Waals surface area contributed by atoms with E-state index in [0.29, 0.717) is 12.1 Å². The zero-order chi connectivity index (χ0) is 20.1. The van der Waals surface area contributed by atoms with E-state index < -0.39 is 5.54 Å². The van der Waals surface area contributed by atoms with Gasteiger partial charge in [-0.1, -0.05) is 31.5 Å². The second kappa shape index (κ2) is 8.35. The first-order valence-corrected chi connectivity index (χ1v) is 9.38. The second-order valence-electron chi connectivity index (χ2n) is 7.14. The third-order valence-corrected chi connectivity index (χ3v) is 4.66. The van der Waals surface area contributed by atoms with Crippen molar-refractivity contribution in [3.8, 4) is 16.9 Å². The van der Waals surface area contributed by atoms with Crippen LogP contribution in [-0.2, 0) is 11.3 Å². The van der Waals surface area contributed by atoms with Gasteiger partial charge in [0, 0.05) is 23.9 Å². The summed E-state index contributed by atoms with van der Waals surface area (Å²) in [5, 5.41) is 7.59. The number of hydrogen-bond acceptors (Lipinski definition) is 3. The number of nitrogens with one attached hydrogen (secondary N) is 1. The Morgan fingerprint density at radius 1 is 1.18 bits per heavy atom. The number of benzene rings is 2. The molecule has 28 heavy (non-hydrogen) atoms. The number of aromatic nitrogens is 2. The molecule has 0 bridgehead atoms. The summed E-state index contributed by atoms with van der Waals surface area (Å²) in [4.78, 5) is 12.5. The molecule has 3 rings (SSSR count). The van der Waals surface area contributed by atoms with Gasteiger partial charge in [0.25, 0.3) is 0 Å². The molecule has 0 fully saturated rings. The van der Waals surface area contributed by atoms with E-state index in [2.05, 4.69) is 10.4 Å². The van der Waals surface area contributed by atoms with Crippen molar-refractivity contribution in [2.24, 2.45) is 5.73 Å². The molecule has 0 saturated carbocycles. The Balaban J connectivity index is 1.91. The van der Waals surface area contributed by atoms with Crippen molar-refractivity contribution in [3.05, 3.63) is 72.2 Å². The first-order chi connectivity index (χ1) is 13.4. The first-order valence-electron chi connectivity index (χ1n) is 9.38. The first kappa shape index (κ1) is 19.8. The fourth-order valence-electron chi connectivity index (χ4n) is 3.11. The Morgan fingerprint density at radius 2 is 1.86 bits per heavy atom. The maximum Gasteiger partial charge on any atom is 0.240 e. The predicted molar refractivity (Wildman–Crippen MR) is 108 cm³/mol. The molecule has 3 N–H and O–H groups in total. The summed E-state index contributed by atoms with van der Waals surface area (Å²) in [6, 6.07) is 15.9. The Bertz CT molecular complexity index is 933. The number of halogens is 1. The lowest BCUT2D eigenvalue weighted by Crippen LogP contribution is -2.51. The van der Waals surface area contributed by atoms with Gasteiger partial charge < -0.3 is 11.1 Å². The standard InChI is InChI=1S/C22H25FN4O/c1-3-13-22(2,24)21(28)25-14-17-15-27(19-7-5-4-6-8-19)26-20(17)16-9-11-18(23)12-10-16/h4-12,15H,3,13-14,24H2,1-2H3,(H,25,28). The number of carbonyl (C=O) groups excluding carboxylic acids is 1. The molecule has 3 aromatic rings. The number of hydrogen-bond donors (Lipinski definition) is 2. The highest BCUT2D eigenvalue weighted by Gasteiger charge is 2.27. The Labute approximate surface area is 164 Å². The van der Waals surface area contributed by atoms with Crippen molar-refractivity contribution < 1.29 is 9.18 Å². The minimum Gasteiger partial charge on any atom is -0.350 e. The van der Waals surface area contributed by atoms with Crippen LogP contribution in [0.2, 0.25) is 0 Å². The van der Waals surface area contributed by atoms with Crippen LogP contribution in [0.5, 0.6) is 0 Å². The van der Waals surface area contributed by atoms with E-state index in [-0.39, 0.29) is 18.3 Å². The van der Waals surface area contributed by atoms with Crippen LogP contribution in [-0.4, -0.2) is 21.2 Å². The fourth-order valence-corrected chi connectivity index (χ4v) is 3.11. The number of carbonyl (C=O) groups is 1. The number of para-hydroxylation sites is 1. The average molecular weight is 380 g/mol. The molecule has 6 heteroatoms. The van der Waals surface area contributed by atoms with E-state index in [1.165, 1.54) is 12.1 Å². The lowest BCUT2D eigenvalue weighted by molar-refractivity contribution is -0.126. The van der Waals surface area contributed by atoms with Gasteiger partial charge in [-0.3, -0.25) is 4.79 Å². The molecule has 0 spiro atoms. The molecular formula is C22H25FN4O. The predicted octanol–water partition coefficient (Wildman–Crippen LogP) is 3.81. The second-order valence-corrected chi connectivity index (χ2v) is 7.14. The molecule has 5 nitrogen and oxygen atoms in total. The molecule has 1 atom stereocenters. The van der Waals surface area contributed by atoms with Crippen LogP contribution in [0.15, 0.2) is 60.8 Å². The topological polar surface area (TPSA) is 72.9 Å². The summed E-state index contributed by atoms with van der Waals surface area (Å²) in [6.07, 6.45) is 3.31. The van der Waals surface area contributed by atoms with Gasteiger partial charge in [0.1, 0.15) is 5.82 Å². The zero-order valence-corrected chi connectivity index (χ0v) is 16.2. The van der Waals surface area contributed by atoms with E-state index >= 15 is 0 Å². The number of nitrogens with two attached hydrogens (primary N) is 1. The van der Waals surface area contributed by atoms with Gasteiger partial charge in [0.15, 0.2) is 0 Å². The van der Waals surface area contributed by atoms with Gasteiger partial charge in [0.2, 0.25) is 5.91 Å². The lowest BCUT2D eigenvalue weighted by Gasteiger charge is -2.22.